The van der Waals surface area contributed by atoms with Crippen LogP contribution in [-0.4, -0.2) is 24.9 Å². The Hall–Kier alpha value is -1.06. The summed E-state index contributed by atoms with van der Waals surface area (Å²) in [6, 6.07) is 1.98. The van der Waals surface area contributed by atoms with Crippen LogP contribution in [0.5, 0.6) is 5.75 Å². The van der Waals surface area contributed by atoms with Gasteiger partial charge in [-0.05, 0) is 58.4 Å². The second-order valence-electron chi connectivity index (χ2n) is 5.46. The topological polar surface area (TPSA) is 41.5 Å². The van der Waals surface area contributed by atoms with Crippen LogP contribution >= 0.6 is 0 Å². The standard InChI is InChI=1S/C15H25NO2/c1-9-8-10(2)12(13(18-7)11(9)3)14(16-6)15(4,5)17/h8,14,16-17H,1-7H3. The molecule has 0 saturated carbocycles. The molecular weight excluding hydrogens is 226 g/mol. The van der Waals surface area contributed by atoms with Crippen molar-refractivity contribution >= 4 is 0 Å². The van der Waals surface area contributed by atoms with Crippen molar-refractivity contribution in [2.75, 3.05) is 14.2 Å². The molecule has 102 valence electrons. The number of ether oxygens (including phenoxy) is 1. The first-order valence-corrected chi connectivity index (χ1v) is 6.28. The number of aliphatic hydroxyl groups is 1. The largest absolute Gasteiger partial charge is 0.496 e. The third-order valence-corrected chi connectivity index (χ3v) is 3.52. The lowest BCUT2D eigenvalue weighted by Gasteiger charge is -2.32. The third-order valence-electron chi connectivity index (χ3n) is 3.52. The van der Waals surface area contributed by atoms with Crippen molar-refractivity contribution in [2.45, 2.75) is 46.3 Å². The molecule has 0 bridgehead atoms. The summed E-state index contributed by atoms with van der Waals surface area (Å²) in [6.45, 7) is 9.80. The van der Waals surface area contributed by atoms with Crippen molar-refractivity contribution in [3.8, 4) is 5.75 Å². The van der Waals surface area contributed by atoms with Gasteiger partial charge in [0.25, 0.3) is 0 Å². The van der Waals surface area contributed by atoms with Crippen molar-refractivity contribution in [2.24, 2.45) is 0 Å². The van der Waals surface area contributed by atoms with E-state index in [0.29, 0.717) is 0 Å². The maximum Gasteiger partial charge on any atom is 0.127 e. The molecule has 18 heavy (non-hydrogen) atoms. The lowest BCUT2D eigenvalue weighted by molar-refractivity contribution is 0.0388. The monoisotopic (exact) mass is 251 g/mol. The van der Waals surface area contributed by atoms with Crippen LogP contribution in [0.1, 0.15) is 42.1 Å². The zero-order valence-corrected chi connectivity index (χ0v) is 12.5. The lowest BCUT2D eigenvalue weighted by atomic mass is 9.86. The Labute approximate surface area is 110 Å². The average molecular weight is 251 g/mol. The summed E-state index contributed by atoms with van der Waals surface area (Å²) in [5, 5.41) is 13.5. The second kappa shape index (κ2) is 5.29. The van der Waals surface area contributed by atoms with E-state index < -0.39 is 5.60 Å². The fourth-order valence-electron chi connectivity index (χ4n) is 2.54. The van der Waals surface area contributed by atoms with Gasteiger partial charge in [-0.3, -0.25) is 0 Å². The Morgan fingerprint density at radius 3 is 2.17 bits per heavy atom. The SMILES string of the molecule is CNC(c1c(C)cc(C)c(C)c1OC)C(C)(C)O. The highest BCUT2D eigenvalue weighted by Gasteiger charge is 2.31. The van der Waals surface area contributed by atoms with E-state index in [2.05, 4.69) is 25.2 Å². The normalized spacial score (nSPS) is 13.6. The molecule has 3 heteroatoms. The molecule has 2 N–H and O–H groups in total. The second-order valence-corrected chi connectivity index (χ2v) is 5.46. The molecule has 0 amide bonds. The fourth-order valence-corrected chi connectivity index (χ4v) is 2.54. The van der Waals surface area contributed by atoms with Gasteiger partial charge in [-0.1, -0.05) is 6.07 Å². The summed E-state index contributed by atoms with van der Waals surface area (Å²) < 4.78 is 5.56. The van der Waals surface area contributed by atoms with Gasteiger partial charge >= 0.3 is 0 Å². The summed E-state index contributed by atoms with van der Waals surface area (Å²) in [7, 11) is 3.54. The minimum atomic E-state index is -0.853. The Morgan fingerprint density at radius 2 is 1.78 bits per heavy atom. The maximum atomic E-state index is 10.3. The molecule has 0 aliphatic heterocycles. The Morgan fingerprint density at radius 1 is 1.22 bits per heavy atom. The number of aryl methyl sites for hydroxylation is 2. The van der Waals surface area contributed by atoms with Crippen LogP contribution in [-0.2, 0) is 0 Å². The molecule has 1 aromatic rings. The van der Waals surface area contributed by atoms with Crippen molar-refractivity contribution in [1.82, 2.24) is 5.32 Å². The van der Waals surface area contributed by atoms with Crippen molar-refractivity contribution in [1.29, 1.82) is 0 Å². The van der Waals surface area contributed by atoms with Gasteiger partial charge < -0.3 is 15.2 Å². The zero-order valence-electron chi connectivity index (χ0n) is 12.5. The molecule has 0 fully saturated rings. The molecule has 3 nitrogen and oxygen atoms in total. The van der Waals surface area contributed by atoms with Crippen molar-refractivity contribution in [3.05, 3.63) is 28.3 Å². The van der Waals surface area contributed by atoms with Crippen LogP contribution in [0.3, 0.4) is 0 Å². The molecule has 1 unspecified atom stereocenters. The molecule has 1 atom stereocenters. The Kier molecular flexibility index (Phi) is 4.41. The van der Waals surface area contributed by atoms with Crippen LogP contribution < -0.4 is 10.1 Å². The van der Waals surface area contributed by atoms with Crippen LogP contribution in [0.25, 0.3) is 0 Å². The summed E-state index contributed by atoms with van der Waals surface area (Å²) in [4.78, 5) is 0. The number of hydrogen-bond donors (Lipinski definition) is 2. The molecule has 0 aliphatic carbocycles. The summed E-state index contributed by atoms with van der Waals surface area (Å²) in [5.74, 6) is 0.869. The van der Waals surface area contributed by atoms with E-state index in [-0.39, 0.29) is 6.04 Å². The van der Waals surface area contributed by atoms with Crippen molar-refractivity contribution in [3.63, 3.8) is 0 Å². The highest BCUT2D eigenvalue weighted by molar-refractivity contribution is 5.51. The number of likely N-dealkylation sites (N-methyl/N-ethyl adjacent to an activating group) is 1. The predicted octanol–water partition coefficient (Wildman–Crippen LogP) is 2.65. The fraction of sp³-hybridized carbons (Fsp3) is 0.600. The Balaban J connectivity index is 3.52. The minimum absolute atomic E-state index is 0.160. The number of benzene rings is 1. The van der Waals surface area contributed by atoms with Gasteiger partial charge in [0.2, 0.25) is 0 Å². The molecule has 0 aliphatic rings. The maximum absolute atomic E-state index is 10.3. The molecule has 1 rings (SSSR count). The summed E-state index contributed by atoms with van der Waals surface area (Å²) >= 11 is 0. The first-order chi connectivity index (χ1) is 8.23. The highest BCUT2D eigenvalue weighted by Crippen LogP contribution is 2.38. The smallest absolute Gasteiger partial charge is 0.127 e. The van der Waals surface area contributed by atoms with E-state index in [1.165, 1.54) is 5.56 Å². The van der Waals surface area contributed by atoms with E-state index in [1.807, 2.05) is 27.8 Å². The van der Waals surface area contributed by atoms with E-state index in [9.17, 15) is 5.11 Å². The first-order valence-electron chi connectivity index (χ1n) is 6.28. The number of rotatable bonds is 4. The van der Waals surface area contributed by atoms with Gasteiger partial charge in [0.1, 0.15) is 5.75 Å². The number of nitrogens with one attached hydrogen (secondary N) is 1. The van der Waals surface area contributed by atoms with Gasteiger partial charge in [-0.25, -0.2) is 0 Å². The van der Waals surface area contributed by atoms with E-state index in [1.54, 1.807) is 7.11 Å². The van der Waals surface area contributed by atoms with Crippen LogP contribution in [0, 0.1) is 20.8 Å². The van der Waals surface area contributed by atoms with Gasteiger partial charge in [0.15, 0.2) is 0 Å². The summed E-state index contributed by atoms with van der Waals surface area (Å²) in [5.41, 5.74) is 3.66. The average Bonchev–Trinajstić information content (AvgIpc) is 2.24. The number of methoxy groups -OCH3 is 1. The molecule has 0 saturated heterocycles. The van der Waals surface area contributed by atoms with E-state index >= 15 is 0 Å². The molecule has 1 aromatic carbocycles. The van der Waals surface area contributed by atoms with Crippen molar-refractivity contribution < 1.29 is 9.84 Å². The molecule has 0 heterocycles. The number of hydrogen-bond acceptors (Lipinski definition) is 3. The van der Waals surface area contributed by atoms with E-state index in [0.717, 1.165) is 22.4 Å². The molecule has 0 spiro atoms. The Bertz CT molecular complexity index is 433. The highest BCUT2D eigenvalue weighted by atomic mass is 16.5. The minimum Gasteiger partial charge on any atom is -0.496 e. The predicted molar refractivity (Wildman–Crippen MR) is 75.3 cm³/mol. The molecular formula is C15H25NO2. The zero-order chi connectivity index (χ0) is 14.1. The lowest BCUT2D eigenvalue weighted by Crippen LogP contribution is -2.38. The third kappa shape index (κ3) is 2.68. The van der Waals surface area contributed by atoms with Crippen LogP contribution in [0.2, 0.25) is 0 Å². The van der Waals surface area contributed by atoms with Gasteiger partial charge in [-0.2, -0.15) is 0 Å². The van der Waals surface area contributed by atoms with E-state index in [4.69, 9.17) is 4.74 Å². The quantitative estimate of drug-likeness (QED) is 0.864. The first kappa shape index (κ1) is 15.0. The van der Waals surface area contributed by atoms with Crippen LogP contribution in [0.4, 0.5) is 0 Å². The molecule has 0 aromatic heterocycles. The van der Waals surface area contributed by atoms with Gasteiger partial charge in [0.05, 0.1) is 18.8 Å². The molecule has 0 radical (unpaired) electrons. The van der Waals surface area contributed by atoms with Gasteiger partial charge in [0, 0.05) is 5.56 Å². The summed E-state index contributed by atoms with van der Waals surface area (Å²) in [6.07, 6.45) is 0. The van der Waals surface area contributed by atoms with Gasteiger partial charge in [-0.15, -0.1) is 0 Å². The van der Waals surface area contributed by atoms with Crippen LogP contribution in [0.15, 0.2) is 6.07 Å².